The molecule has 0 spiro atoms. The van der Waals surface area contributed by atoms with Gasteiger partial charge in [-0.1, -0.05) is 36.4 Å². The van der Waals surface area contributed by atoms with Crippen LogP contribution >= 0.6 is 0 Å². The minimum absolute atomic E-state index is 0.332. The molecule has 0 saturated heterocycles. The largest absolute Gasteiger partial charge is 0.444 e. The number of anilines is 1. The number of hydrogen-bond acceptors (Lipinski definition) is 10. The van der Waals surface area contributed by atoms with E-state index < -0.39 is 40.7 Å². The zero-order valence-corrected chi connectivity index (χ0v) is 39.1. The number of hydrogen-bond donors (Lipinski definition) is 2. The van der Waals surface area contributed by atoms with Crippen LogP contribution in [0.5, 0.6) is 0 Å². The van der Waals surface area contributed by atoms with Crippen molar-refractivity contribution in [3.63, 3.8) is 0 Å². The molecule has 0 saturated carbocycles. The predicted octanol–water partition coefficient (Wildman–Crippen LogP) is 10.4. The Morgan fingerprint density at radius 3 is 1.25 bits per heavy atom. The molecular formula is C47H74N6O8. The summed E-state index contributed by atoms with van der Waals surface area (Å²) < 4.78 is 22.6. The molecule has 0 aliphatic heterocycles. The van der Waals surface area contributed by atoms with E-state index in [0.29, 0.717) is 78.0 Å². The molecule has 61 heavy (non-hydrogen) atoms. The topological polar surface area (TPSA) is 152 Å². The lowest BCUT2D eigenvalue weighted by Gasteiger charge is -2.30. The lowest BCUT2D eigenvalue weighted by Crippen LogP contribution is -2.42. The van der Waals surface area contributed by atoms with E-state index in [1.165, 1.54) is 0 Å². The van der Waals surface area contributed by atoms with Crippen molar-refractivity contribution >= 4 is 51.9 Å². The van der Waals surface area contributed by atoms with Crippen LogP contribution in [0.2, 0.25) is 0 Å². The van der Waals surface area contributed by atoms with E-state index in [-0.39, 0.29) is 6.09 Å². The van der Waals surface area contributed by atoms with Crippen LogP contribution in [0.15, 0.2) is 48.5 Å². The summed E-state index contributed by atoms with van der Waals surface area (Å²) in [6.07, 6.45) is 2.00. The van der Waals surface area contributed by atoms with Gasteiger partial charge in [0.1, 0.15) is 22.4 Å². The molecule has 2 aromatic carbocycles. The Hall–Kier alpha value is -5.01. The molecule has 14 heteroatoms. The summed E-state index contributed by atoms with van der Waals surface area (Å²) in [7, 11) is 0. The summed E-state index contributed by atoms with van der Waals surface area (Å²) in [6, 6.07) is 16.2. The van der Waals surface area contributed by atoms with E-state index in [4.69, 9.17) is 23.9 Å². The highest BCUT2D eigenvalue weighted by Gasteiger charge is 2.26. The van der Waals surface area contributed by atoms with Gasteiger partial charge in [-0.25, -0.2) is 24.2 Å². The van der Waals surface area contributed by atoms with Gasteiger partial charge in [0.2, 0.25) is 0 Å². The summed E-state index contributed by atoms with van der Waals surface area (Å²) in [5.74, 6) is 0. The number of nitrogens with one attached hydrogen (secondary N) is 2. The molecule has 0 radical (unpaired) electrons. The Kier molecular flexibility index (Phi) is 18.8. The van der Waals surface area contributed by atoms with Crippen molar-refractivity contribution in [3.05, 3.63) is 48.5 Å². The normalized spacial score (nSPS) is 12.1. The van der Waals surface area contributed by atoms with E-state index in [0.717, 1.165) is 40.3 Å². The number of nitrogens with zero attached hydrogens (tertiary/aromatic N) is 4. The minimum Gasteiger partial charge on any atom is -0.444 e. The van der Waals surface area contributed by atoms with Gasteiger partial charge in [-0.15, -0.1) is 0 Å². The first-order valence-electron chi connectivity index (χ1n) is 21.8. The fourth-order valence-corrected chi connectivity index (χ4v) is 6.37. The Morgan fingerprint density at radius 2 is 0.836 bits per heavy atom. The average molecular weight is 851 g/mol. The molecule has 1 aromatic heterocycles. The molecule has 2 N–H and O–H groups in total. The molecule has 0 aliphatic rings. The van der Waals surface area contributed by atoms with Crippen LogP contribution in [0.1, 0.15) is 122 Å². The molecule has 0 fully saturated rings. The minimum atomic E-state index is -0.693. The smallest absolute Gasteiger partial charge is 0.410 e. The van der Waals surface area contributed by atoms with Gasteiger partial charge >= 0.3 is 24.4 Å². The number of carbonyl (C=O) groups is 4. The summed E-state index contributed by atoms with van der Waals surface area (Å²) in [4.78, 5) is 62.0. The van der Waals surface area contributed by atoms with Crippen molar-refractivity contribution in [1.29, 1.82) is 0 Å². The molecule has 3 rings (SSSR count). The van der Waals surface area contributed by atoms with Crippen LogP contribution in [0.3, 0.4) is 0 Å². The second-order valence-corrected chi connectivity index (χ2v) is 19.4. The van der Waals surface area contributed by atoms with Crippen LogP contribution in [0.4, 0.5) is 24.9 Å². The zero-order valence-electron chi connectivity index (χ0n) is 39.1. The van der Waals surface area contributed by atoms with E-state index in [1.807, 2.05) is 98.7 Å². The van der Waals surface area contributed by atoms with Gasteiger partial charge in [-0.2, -0.15) is 0 Å². The van der Waals surface area contributed by atoms with Crippen molar-refractivity contribution in [1.82, 2.24) is 25.0 Å². The monoisotopic (exact) mass is 851 g/mol. The highest BCUT2D eigenvalue weighted by Crippen LogP contribution is 2.30. The number of aromatic nitrogens is 1. The van der Waals surface area contributed by atoms with Crippen LogP contribution < -0.4 is 10.6 Å². The summed E-state index contributed by atoms with van der Waals surface area (Å²) in [5.41, 5.74) is 0.286. The Morgan fingerprint density at radius 1 is 0.475 bits per heavy atom. The summed E-state index contributed by atoms with van der Waals surface area (Å²) >= 11 is 0. The maximum atomic E-state index is 13.4. The third-order valence-corrected chi connectivity index (χ3v) is 8.93. The highest BCUT2D eigenvalue weighted by atomic mass is 16.6. The van der Waals surface area contributed by atoms with Gasteiger partial charge in [-0.3, -0.25) is 0 Å². The van der Waals surface area contributed by atoms with E-state index >= 15 is 0 Å². The van der Waals surface area contributed by atoms with E-state index in [9.17, 15) is 19.2 Å². The maximum Gasteiger partial charge on any atom is 0.410 e. The Balaban J connectivity index is 1.60. The number of pyridine rings is 1. The highest BCUT2D eigenvalue weighted by molar-refractivity contribution is 6.07. The number of unbranched alkanes of at least 4 members (excludes halogenated alkanes) is 2. The third kappa shape index (κ3) is 19.5. The molecule has 340 valence electrons. The first kappa shape index (κ1) is 50.3. The molecule has 0 atom stereocenters. The van der Waals surface area contributed by atoms with E-state index in [2.05, 4.69) is 22.8 Å². The standard InChI is InChI=1S/C47H74N6O8/c1-44(2,3)58-40(54)49-28-21-32-51(41(55)59-45(4,5)6)30-19-20-31-53(43(57)61-47(10,11)12)34-22-33-52(42(56)60-46(7,8)9)29-18-17-27-48-39-35-23-13-15-25-37(35)50-38-26-16-14-24-36(38)39/h13-16,23-26H,17-22,27-34H2,1-12H3,(H,48,50)(H,49,54). The Bertz CT molecular complexity index is 1820. The van der Waals surface area contributed by atoms with Crippen LogP contribution in [-0.2, 0) is 18.9 Å². The van der Waals surface area contributed by atoms with Gasteiger partial charge in [-0.05, 0) is 134 Å². The zero-order chi connectivity index (χ0) is 45.4. The first-order valence-corrected chi connectivity index (χ1v) is 21.8. The molecule has 14 nitrogen and oxygen atoms in total. The number of benzene rings is 2. The molecule has 0 aliphatic carbocycles. The van der Waals surface area contributed by atoms with Crippen molar-refractivity contribution in [2.45, 2.75) is 144 Å². The van der Waals surface area contributed by atoms with Gasteiger partial charge in [0.15, 0.2) is 0 Å². The van der Waals surface area contributed by atoms with Crippen LogP contribution in [0.25, 0.3) is 21.8 Å². The number of rotatable bonds is 19. The fraction of sp³-hybridized carbons (Fsp3) is 0.638. The molecule has 0 bridgehead atoms. The number of para-hydroxylation sites is 2. The second-order valence-electron chi connectivity index (χ2n) is 19.4. The molecule has 4 amide bonds. The molecular weight excluding hydrogens is 777 g/mol. The third-order valence-electron chi connectivity index (χ3n) is 8.93. The predicted molar refractivity (Wildman–Crippen MR) is 243 cm³/mol. The van der Waals surface area contributed by atoms with Crippen LogP contribution in [-0.4, -0.2) is 119 Å². The summed E-state index contributed by atoms with van der Waals surface area (Å²) in [6.45, 7) is 25.4. The van der Waals surface area contributed by atoms with Gasteiger partial charge in [0.25, 0.3) is 0 Å². The van der Waals surface area contributed by atoms with E-state index in [1.54, 1.807) is 35.5 Å². The first-order chi connectivity index (χ1) is 28.4. The SMILES string of the molecule is CC(C)(C)OC(=O)NCCCN(CCCCN(CCCN(CCCCNc1c2ccccc2nc2ccccc12)C(=O)OC(C)(C)C)C(=O)OC(C)(C)C)C(=O)OC(C)(C)C. The fourth-order valence-electron chi connectivity index (χ4n) is 6.37. The lowest BCUT2D eigenvalue weighted by molar-refractivity contribution is 0.0180. The van der Waals surface area contributed by atoms with Crippen LogP contribution in [0, 0.1) is 0 Å². The van der Waals surface area contributed by atoms with Crippen molar-refractivity contribution in [2.24, 2.45) is 0 Å². The van der Waals surface area contributed by atoms with Crippen molar-refractivity contribution in [3.8, 4) is 0 Å². The molecule has 0 unspecified atom stereocenters. The second kappa shape index (κ2) is 22.7. The summed E-state index contributed by atoms with van der Waals surface area (Å²) in [5, 5.41) is 8.52. The maximum absolute atomic E-state index is 13.4. The number of carbonyl (C=O) groups excluding carboxylic acids is 4. The van der Waals surface area contributed by atoms with Gasteiger partial charge in [0, 0.05) is 63.1 Å². The number of ether oxygens (including phenoxy) is 4. The number of fused-ring (bicyclic) bond motifs is 2. The Labute approximate surface area is 364 Å². The van der Waals surface area contributed by atoms with Crippen molar-refractivity contribution in [2.75, 3.05) is 57.7 Å². The molecule has 1 heterocycles. The quantitative estimate of drug-likeness (QED) is 0.0677. The average Bonchev–Trinajstić information content (AvgIpc) is 3.12. The molecule has 3 aromatic rings. The number of amides is 4. The lowest BCUT2D eigenvalue weighted by atomic mass is 10.1. The van der Waals surface area contributed by atoms with Gasteiger partial charge < -0.3 is 44.3 Å². The number of alkyl carbamates (subject to hydrolysis) is 1. The van der Waals surface area contributed by atoms with Gasteiger partial charge in [0.05, 0.1) is 16.7 Å². The van der Waals surface area contributed by atoms with Crippen molar-refractivity contribution < 1.29 is 38.1 Å².